The molecule has 0 saturated heterocycles. The Kier molecular flexibility index (Phi) is 59.7. The third kappa shape index (κ3) is 59.7. The molecule has 0 bridgehead atoms. The lowest BCUT2D eigenvalue weighted by Gasteiger charge is -2.18. The molecule has 0 aliphatic rings. The molecule has 1 unspecified atom stereocenters. The van der Waals surface area contributed by atoms with Crippen LogP contribution in [0.1, 0.15) is 323 Å². The van der Waals surface area contributed by atoms with Gasteiger partial charge in [0.05, 0.1) is 0 Å². The van der Waals surface area contributed by atoms with Crippen molar-refractivity contribution in [1.29, 1.82) is 0 Å². The number of unbranched alkanes of at least 4 members (excludes halogenated alkanes) is 35. The Morgan fingerprint density at radius 1 is 0.284 bits per heavy atom. The van der Waals surface area contributed by atoms with Gasteiger partial charge in [-0.25, -0.2) is 0 Å². The second kappa shape index (κ2) is 62.4. The highest BCUT2D eigenvalue weighted by Crippen LogP contribution is 2.17. The van der Waals surface area contributed by atoms with Gasteiger partial charge in [-0.3, -0.25) is 14.4 Å². The number of hydrogen-bond acceptors (Lipinski definition) is 6. The molecule has 0 fully saturated rings. The van der Waals surface area contributed by atoms with E-state index >= 15 is 0 Å². The summed E-state index contributed by atoms with van der Waals surface area (Å²) in [5.41, 5.74) is 0. The van der Waals surface area contributed by atoms with Crippen LogP contribution in [-0.4, -0.2) is 37.2 Å². The van der Waals surface area contributed by atoms with E-state index in [1.165, 1.54) is 193 Å². The van der Waals surface area contributed by atoms with E-state index in [2.05, 4.69) is 93.7 Å². The number of hydrogen-bond donors (Lipinski definition) is 0. The smallest absolute Gasteiger partial charge is 0.306 e. The van der Waals surface area contributed by atoms with Crippen molar-refractivity contribution in [2.45, 2.75) is 329 Å². The maximum absolute atomic E-state index is 12.9. The summed E-state index contributed by atoms with van der Waals surface area (Å²) in [5.74, 6) is -0.867. The molecule has 0 aromatic heterocycles. The van der Waals surface area contributed by atoms with E-state index in [-0.39, 0.29) is 31.1 Å². The summed E-state index contributed by atoms with van der Waals surface area (Å²) in [7, 11) is 0. The fourth-order valence-corrected chi connectivity index (χ4v) is 9.17. The van der Waals surface area contributed by atoms with Gasteiger partial charge < -0.3 is 14.2 Å². The first-order chi connectivity index (χ1) is 36.5. The molecule has 0 spiro atoms. The van der Waals surface area contributed by atoms with Crippen molar-refractivity contribution in [3.05, 3.63) is 72.9 Å². The fraction of sp³-hybridized carbons (Fsp3) is 0.779. The Bertz CT molecular complexity index is 1370. The summed E-state index contributed by atoms with van der Waals surface area (Å²) in [6, 6.07) is 0. The lowest BCUT2D eigenvalue weighted by atomic mass is 10.0. The van der Waals surface area contributed by atoms with Crippen LogP contribution in [0.2, 0.25) is 0 Å². The number of esters is 3. The van der Waals surface area contributed by atoms with E-state index in [0.29, 0.717) is 19.3 Å². The van der Waals surface area contributed by atoms with Gasteiger partial charge >= 0.3 is 17.9 Å². The monoisotopic (exact) mass is 1030 g/mol. The van der Waals surface area contributed by atoms with Crippen molar-refractivity contribution >= 4 is 17.9 Å². The van der Waals surface area contributed by atoms with Gasteiger partial charge in [-0.1, -0.05) is 286 Å². The lowest BCUT2D eigenvalue weighted by Crippen LogP contribution is -2.30. The van der Waals surface area contributed by atoms with E-state index in [0.717, 1.165) is 89.9 Å². The molecule has 1 atom stereocenters. The van der Waals surface area contributed by atoms with E-state index in [9.17, 15) is 14.4 Å². The predicted molar refractivity (Wildman–Crippen MR) is 321 cm³/mol. The zero-order chi connectivity index (χ0) is 53.6. The van der Waals surface area contributed by atoms with E-state index in [1.807, 2.05) is 0 Å². The Morgan fingerprint density at radius 2 is 0.527 bits per heavy atom. The molecule has 0 radical (unpaired) electrons. The maximum Gasteiger partial charge on any atom is 0.306 e. The maximum atomic E-state index is 12.9. The first-order valence-corrected chi connectivity index (χ1v) is 31.9. The molecule has 0 amide bonds. The number of carbonyl (C=O) groups is 3. The van der Waals surface area contributed by atoms with Crippen LogP contribution in [-0.2, 0) is 28.6 Å². The van der Waals surface area contributed by atoms with Crippen molar-refractivity contribution in [1.82, 2.24) is 0 Å². The van der Waals surface area contributed by atoms with Gasteiger partial charge in [0.25, 0.3) is 0 Å². The van der Waals surface area contributed by atoms with Gasteiger partial charge in [0.1, 0.15) is 13.2 Å². The predicted octanol–water partition coefficient (Wildman–Crippen LogP) is 21.7. The average molecular weight is 1030 g/mol. The van der Waals surface area contributed by atoms with Gasteiger partial charge in [0.15, 0.2) is 6.10 Å². The molecule has 0 N–H and O–H groups in total. The third-order valence-corrected chi connectivity index (χ3v) is 13.9. The van der Waals surface area contributed by atoms with Crippen molar-refractivity contribution in [2.24, 2.45) is 0 Å². The topological polar surface area (TPSA) is 78.9 Å². The highest BCUT2D eigenvalue weighted by molar-refractivity contribution is 5.71. The second-order valence-corrected chi connectivity index (χ2v) is 21.3. The largest absolute Gasteiger partial charge is 0.462 e. The van der Waals surface area contributed by atoms with E-state index < -0.39 is 6.10 Å². The number of carbonyl (C=O) groups excluding carboxylic acids is 3. The minimum atomic E-state index is -0.775. The van der Waals surface area contributed by atoms with Gasteiger partial charge in [-0.15, -0.1) is 0 Å². The molecular weight excluding hydrogens is 913 g/mol. The van der Waals surface area contributed by atoms with Crippen LogP contribution in [0.5, 0.6) is 0 Å². The summed E-state index contributed by atoms with van der Waals surface area (Å²) in [6.07, 6.45) is 80.6. The summed E-state index contributed by atoms with van der Waals surface area (Å²) in [5, 5.41) is 0. The summed E-state index contributed by atoms with van der Waals surface area (Å²) >= 11 is 0. The highest BCUT2D eigenvalue weighted by Gasteiger charge is 2.19. The van der Waals surface area contributed by atoms with Gasteiger partial charge in [0.2, 0.25) is 0 Å². The Balaban J connectivity index is 4.16. The SMILES string of the molecule is CC/C=C\C/C=C\C/C=C\C/C=C\C/C=C\CCCCCCCCCCCCCCCC(=O)OCC(COC(=O)CCCCCCCCCCC)OC(=O)CCCCCCCCC/C=C\CCCCCCCCC. The van der Waals surface area contributed by atoms with E-state index in [4.69, 9.17) is 14.2 Å². The normalized spacial score (nSPS) is 12.5. The van der Waals surface area contributed by atoms with Crippen LogP contribution in [0.25, 0.3) is 0 Å². The molecule has 0 aliphatic carbocycles. The second-order valence-electron chi connectivity index (χ2n) is 21.3. The van der Waals surface area contributed by atoms with Crippen molar-refractivity contribution in [3.63, 3.8) is 0 Å². The standard InChI is InChI=1S/C68H120O6/c1-4-7-10-13-16-19-21-23-25-27-29-30-31-32-33-34-35-36-37-38-39-41-42-44-46-49-52-55-58-61-67(70)73-64-65(63-72-66(69)60-57-54-51-48-18-15-12-9-6-3)74-68(71)62-59-56-53-50-47-45-43-40-28-26-24-22-20-17-14-11-8-5-2/h7,10,16,19,23,25-26,28-30,32-33,65H,4-6,8-9,11-15,17-18,20-22,24,27,31,34-64H2,1-3H3/b10-7-,19-16-,25-23-,28-26-,30-29-,33-32-. The number of rotatable bonds is 58. The molecular formula is C68H120O6. The summed E-state index contributed by atoms with van der Waals surface area (Å²) < 4.78 is 16.9. The quantitative estimate of drug-likeness (QED) is 0.0261. The summed E-state index contributed by atoms with van der Waals surface area (Å²) in [4.78, 5) is 38.2. The zero-order valence-corrected chi connectivity index (χ0v) is 49.1. The first kappa shape index (κ1) is 70.8. The molecule has 6 nitrogen and oxygen atoms in total. The van der Waals surface area contributed by atoms with Crippen molar-refractivity contribution in [2.75, 3.05) is 13.2 Å². The molecule has 0 aromatic carbocycles. The van der Waals surface area contributed by atoms with E-state index in [1.54, 1.807) is 0 Å². The number of allylic oxidation sites excluding steroid dienone is 12. The molecule has 0 aromatic rings. The first-order valence-electron chi connectivity index (χ1n) is 31.9. The lowest BCUT2D eigenvalue weighted by molar-refractivity contribution is -0.167. The Morgan fingerprint density at radius 3 is 0.838 bits per heavy atom. The molecule has 0 aliphatic heterocycles. The van der Waals surface area contributed by atoms with Crippen LogP contribution in [0.4, 0.5) is 0 Å². The number of ether oxygens (including phenoxy) is 3. The minimum absolute atomic E-state index is 0.0734. The fourth-order valence-electron chi connectivity index (χ4n) is 9.17. The van der Waals surface area contributed by atoms with Crippen LogP contribution < -0.4 is 0 Å². The average Bonchev–Trinajstić information content (AvgIpc) is 3.40. The minimum Gasteiger partial charge on any atom is -0.462 e. The molecule has 0 heterocycles. The molecule has 6 heteroatoms. The highest BCUT2D eigenvalue weighted by atomic mass is 16.6. The molecule has 428 valence electrons. The molecule has 74 heavy (non-hydrogen) atoms. The Labute approximate surface area is 459 Å². The third-order valence-electron chi connectivity index (χ3n) is 13.9. The van der Waals surface area contributed by atoms with Crippen LogP contribution >= 0.6 is 0 Å². The molecule has 0 rings (SSSR count). The van der Waals surface area contributed by atoms with Gasteiger partial charge in [-0.2, -0.15) is 0 Å². The van der Waals surface area contributed by atoms with Crippen molar-refractivity contribution < 1.29 is 28.6 Å². The van der Waals surface area contributed by atoms with Crippen molar-refractivity contribution in [3.8, 4) is 0 Å². The zero-order valence-electron chi connectivity index (χ0n) is 49.1. The van der Waals surface area contributed by atoms with Crippen LogP contribution in [0.3, 0.4) is 0 Å². The van der Waals surface area contributed by atoms with Gasteiger partial charge in [0, 0.05) is 19.3 Å². The van der Waals surface area contributed by atoms with Gasteiger partial charge in [-0.05, 0) is 89.9 Å². The summed E-state index contributed by atoms with van der Waals surface area (Å²) in [6.45, 7) is 6.53. The molecule has 0 saturated carbocycles. The Hall–Kier alpha value is -3.15. The van der Waals surface area contributed by atoms with Crippen LogP contribution in [0, 0.1) is 0 Å². The van der Waals surface area contributed by atoms with Crippen LogP contribution in [0.15, 0.2) is 72.9 Å².